The largest absolute Gasteiger partial charge is 0.419 e. The Hall–Kier alpha value is -2.28. The lowest BCUT2D eigenvalue weighted by molar-refractivity contribution is -0.0351. The Bertz CT molecular complexity index is 867. The number of aromatic nitrogens is 2. The number of morpholine rings is 1. The van der Waals surface area contributed by atoms with Crippen LogP contribution in [0.25, 0.3) is 11.5 Å². The first-order valence-corrected chi connectivity index (χ1v) is 8.73. The first-order valence-electron chi connectivity index (χ1n) is 8.35. The molecule has 1 aromatic heterocycles. The van der Waals surface area contributed by atoms with Gasteiger partial charge in [-0.3, -0.25) is 4.90 Å². The number of hydrogen-bond donors (Lipinski definition) is 0. The van der Waals surface area contributed by atoms with Crippen LogP contribution < -0.4 is 0 Å². The maximum atomic E-state index is 13.0. The molecule has 7 heteroatoms. The van der Waals surface area contributed by atoms with Gasteiger partial charge in [0, 0.05) is 23.7 Å². The van der Waals surface area contributed by atoms with Gasteiger partial charge < -0.3 is 9.15 Å². The van der Waals surface area contributed by atoms with Crippen molar-refractivity contribution in [1.29, 1.82) is 0 Å². The lowest BCUT2D eigenvalue weighted by atomic mass is 10.1. The van der Waals surface area contributed by atoms with Gasteiger partial charge in [-0.05, 0) is 42.0 Å². The molecule has 1 fully saturated rings. The van der Waals surface area contributed by atoms with E-state index in [0.29, 0.717) is 35.5 Å². The van der Waals surface area contributed by atoms with Crippen molar-refractivity contribution >= 4 is 11.6 Å². The highest BCUT2D eigenvalue weighted by molar-refractivity contribution is 6.30. The SMILES string of the molecule is Fc1ccc(-c2nnc(CN3CCOC(c4ccc(Cl)cc4)C3)o2)cc1. The van der Waals surface area contributed by atoms with Crippen molar-refractivity contribution in [1.82, 2.24) is 15.1 Å². The first kappa shape index (κ1) is 17.1. The second-order valence-corrected chi connectivity index (χ2v) is 6.59. The third kappa shape index (κ3) is 3.93. The highest BCUT2D eigenvalue weighted by Crippen LogP contribution is 2.25. The van der Waals surface area contributed by atoms with Gasteiger partial charge in [0.05, 0.1) is 19.3 Å². The summed E-state index contributed by atoms with van der Waals surface area (Å²) in [6.07, 6.45) is -0.0134. The van der Waals surface area contributed by atoms with Crippen molar-refractivity contribution in [2.75, 3.05) is 19.7 Å². The van der Waals surface area contributed by atoms with Gasteiger partial charge in [-0.2, -0.15) is 0 Å². The van der Waals surface area contributed by atoms with Crippen LogP contribution in [-0.2, 0) is 11.3 Å². The van der Waals surface area contributed by atoms with E-state index in [-0.39, 0.29) is 11.9 Å². The second kappa shape index (κ2) is 7.53. The Morgan fingerprint density at radius 1 is 1.08 bits per heavy atom. The fourth-order valence-corrected chi connectivity index (χ4v) is 3.07. The smallest absolute Gasteiger partial charge is 0.247 e. The maximum absolute atomic E-state index is 13.0. The van der Waals surface area contributed by atoms with E-state index in [1.807, 2.05) is 24.3 Å². The third-order valence-electron chi connectivity index (χ3n) is 4.31. The third-order valence-corrected chi connectivity index (χ3v) is 4.56. The molecule has 3 aromatic rings. The summed E-state index contributed by atoms with van der Waals surface area (Å²) in [5, 5.41) is 8.87. The van der Waals surface area contributed by atoms with Gasteiger partial charge in [0.25, 0.3) is 0 Å². The minimum absolute atomic E-state index is 0.0134. The number of rotatable bonds is 4. The van der Waals surface area contributed by atoms with Crippen LogP contribution in [0.15, 0.2) is 52.9 Å². The summed E-state index contributed by atoms with van der Waals surface area (Å²) in [4.78, 5) is 2.21. The zero-order valence-corrected chi connectivity index (χ0v) is 14.7. The lowest BCUT2D eigenvalue weighted by Gasteiger charge is -2.32. The molecule has 0 N–H and O–H groups in total. The van der Waals surface area contributed by atoms with Crippen LogP contribution in [0.1, 0.15) is 17.6 Å². The Morgan fingerprint density at radius 2 is 1.85 bits per heavy atom. The van der Waals surface area contributed by atoms with E-state index in [1.54, 1.807) is 12.1 Å². The van der Waals surface area contributed by atoms with E-state index in [4.69, 9.17) is 20.8 Å². The molecule has 134 valence electrons. The van der Waals surface area contributed by atoms with Gasteiger partial charge in [0.1, 0.15) is 5.82 Å². The highest BCUT2D eigenvalue weighted by Gasteiger charge is 2.23. The van der Waals surface area contributed by atoms with Gasteiger partial charge in [-0.1, -0.05) is 23.7 Å². The van der Waals surface area contributed by atoms with Crippen LogP contribution in [-0.4, -0.2) is 34.8 Å². The van der Waals surface area contributed by atoms with Crippen molar-refractivity contribution in [3.8, 4) is 11.5 Å². The fourth-order valence-electron chi connectivity index (χ4n) is 2.94. The van der Waals surface area contributed by atoms with E-state index in [2.05, 4.69) is 15.1 Å². The molecule has 1 aliphatic rings. The van der Waals surface area contributed by atoms with Crippen molar-refractivity contribution in [3.63, 3.8) is 0 Å². The molecular formula is C19H17ClFN3O2. The van der Waals surface area contributed by atoms with Gasteiger partial charge in [-0.15, -0.1) is 10.2 Å². The van der Waals surface area contributed by atoms with Gasteiger partial charge in [0.2, 0.25) is 11.8 Å². The normalized spacial score (nSPS) is 18.2. The molecule has 2 heterocycles. The maximum Gasteiger partial charge on any atom is 0.247 e. The van der Waals surface area contributed by atoms with Gasteiger partial charge in [0.15, 0.2) is 0 Å². The number of hydrogen-bond acceptors (Lipinski definition) is 5. The van der Waals surface area contributed by atoms with Crippen molar-refractivity contribution in [2.45, 2.75) is 12.6 Å². The molecular weight excluding hydrogens is 357 g/mol. The average Bonchev–Trinajstić information content (AvgIpc) is 3.11. The Labute approximate surface area is 155 Å². The molecule has 5 nitrogen and oxygen atoms in total. The molecule has 0 amide bonds. The molecule has 0 radical (unpaired) electrons. The van der Waals surface area contributed by atoms with Crippen LogP contribution in [0.5, 0.6) is 0 Å². The van der Waals surface area contributed by atoms with Gasteiger partial charge in [-0.25, -0.2) is 4.39 Å². The van der Waals surface area contributed by atoms with E-state index in [0.717, 1.165) is 18.7 Å². The molecule has 26 heavy (non-hydrogen) atoms. The Balaban J connectivity index is 1.42. The van der Waals surface area contributed by atoms with E-state index >= 15 is 0 Å². The molecule has 4 rings (SSSR count). The van der Waals surface area contributed by atoms with Crippen molar-refractivity contribution in [2.24, 2.45) is 0 Å². The predicted octanol–water partition coefficient (Wildman–Crippen LogP) is 4.10. The molecule has 0 saturated carbocycles. The molecule has 0 bridgehead atoms. The Kier molecular flexibility index (Phi) is 4.97. The zero-order chi connectivity index (χ0) is 17.9. The highest BCUT2D eigenvalue weighted by atomic mass is 35.5. The quantitative estimate of drug-likeness (QED) is 0.689. The monoisotopic (exact) mass is 373 g/mol. The van der Waals surface area contributed by atoms with Crippen LogP contribution >= 0.6 is 11.6 Å². The summed E-state index contributed by atoms with van der Waals surface area (Å²) >= 11 is 5.95. The summed E-state index contributed by atoms with van der Waals surface area (Å²) < 4.78 is 24.6. The molecule has 0 spiro atoms. The van der Waals surface area contributed by atoms with E-state index in [9.17, 15) is 4.39 Å². The van der Waals surface area contributed by atoms with E-state index in [1.165, 1.54) is 12.1 Å². The van der Waals surface area contributed by atoms with Crippen LogP contribution in [0.4, 0.5) is 4.39 Å². The fraction of sp³-hybridized carbons (Fsp3) is 0.263. The van der Waals surface area contributed by atoms with Crippen LogP contribution in [0, 0.1) is 5.82 Å². The number of nitrogens with zero attached hydrogens (tertiary/aromatic N) is 3. The molecule has 0 aliphatic carbocycles. The predicted molar refractivity (Wildman–Crippen MR) is 95.1 cm³/mol. The summed E-state index contributed by atoms with van der Waals surface area (Å²) in [6.45, 7) is 2.70. The number of ether oxygens (including phenoxy) is 1. The Morgan fingerprint density at radius 3 is 2.62 bits per heavy atom. The topological polar surface area (TPSA) is 51.4 Å². The first-order chi connectivity index (χ1) is 12.7. The van der Waals surface area contributed by atoms with Crippen LogP contribution in [0.2, 0.25) is 5.02 Å². The molecule has 1 aliphatic heterocycles. The summed E-state index contributed by atoms with van der Waals surface area (Å²) in [5.74, 6) is 0.624. The van der Waals surface area contributed by atoms with E-state index < -0.39 is 0 Å². The van der Waals surface area contributed by atoms with Gasteiger partial charge >= 0.3 is 0 Å². The minimum atomic E-state index is -0.296. The lowest BCUT2D eigenvalue weighted by Crippen LogP contribution is -2.37. The van der Waals surface area contributed by atoms with Crippen LogP contribution in [0.3, 0.4) is 0 Å². The summed E-state index contributed by atoms with van der Waals surface area (Å²) in [5.41, 5.74) is 1.79. The summed E-state index contributed by atoms with van der Waals surface area (Å²) in [6, 6.07) is 13.7. The number of halogens is 2. The molecule has 2 aromatic carbocycles. The minimum Gasteiger partial charge on any atom is -0.419 e. The van der Waals surface area contributed by atoms with Crippen molar-refractivity contribution in [3.05, 3.63) is 70.8 Å². The average molecular weight is 374 g/mol. The molecule has 1 atom stereocenters. The number of benzene rings is 2. The standard InChI is InChI=1S/C19H17ClFN3O2/c20-15-5-1-13(2-6-15)17-11-24(9-10-25-17)12-18-22-23-19(26-18)14-3-7-16(21)8-4-14/h1-8,17H,9-12H2. The zero-order valence-electron chi connectivity index (χ0n) is 13.9. The molecule has 1 saturated heterocycles. The van der Waals surface area contributed by atoms with Crippen molar-refractivity contribution < 1.29 is 13.5 Å². The second-order valence-electron chi connectivity index (χ2n) is 6.15. The molecule has 1 unspecified atom stereocenters. The summed E-state index contributed by atoms with van der Waals surface area (Å²) in [7, 11) is 0.